The minimum absolute atomic E-state index is 0.204. The highest BCUT2D eigenvalue weighted by Gasteiger charge is 2.26. The number of hydrogen-bond acceptors (Lipinski definition) is 16. The molecule has 7 aromatic carbocycles. The van der Waals surface area contributed by atoms with Gasteiger partial charge in [-0.3, -0.25) is 18.2 Å². The first kappa shape index (κ1) is 43.2. The molecule has 10 N–H and O–H groups in total. The molecule has 0 radical (unpaired) electrons. The maximum absolute atomic E-state index is 12.2. The lowest BCUT2D eigenvalue weighted by atomic mass is 10.00. The normalized spacial score (nSPS) is 12.8. The second kappa shape index (κ2) is 15.5. The van der Waals surface area contributed by atoms with Gasteiger partial charge in [-0.15, -0.1) is 10.2 Å². The molecule has 20 nitrogen and oxygen atoms in total. The molecule has 0 atom stereocenters. The minimum Gasteiger partial charge on any atom is -0.505 e. The molecule has 0 spiro atoms. The third-order valence-corrected chi connectivity index (χ3v) is 12.7. The third kappa shape index (κ3) is 8.65. The van der Waals surface area contributed by atoms with E-state index < -0.39 is 82.9 Å². The second-order valence-electron chi connectivity index (χ2n) is 13.3. The fraction of sp³-hybridized carbons (Fsp3) is 0. The molecule has 318 valence electrons. The maximum Gasteiger partial charge on any atom is 0.296 e. The number of nitrogens with zero attached hydrogens (tertiary/aromatic N) is 4. The number of rotatable bonds is 10. The van der Waals surface area contributed by atoms with E-state index >= 15 is 0 Å². The van der Waals surface area contributed by atoms with Crippen molar-refractivity contribution in [3.8, 4) is 33.8 Å². The number of phenols is 2. The Hall–Kier alpha value is -6.90. The molecule has 0 fully saturated rings. The van der Waals surface area contributed by atoms with Crippen molar-refractivity contribution < 1.29 is 62.1 Å². The van der Waals surface area contributed by atoms with Crippen LogP contribution in [0.3, 0.4) is 0 Å². The molecule has 24 heteroatoms. The van der Waals surface area contributed by atoms with E-state index in [4.69, 9.17) is 11.5 Å². The van der Waals surface area contributed by atoms with E-state index in [1.807, 2.05) is 24.3 Å². The Morgan fingerprint density at radius 3 is 0.952 bits per heavy atom. The number of anilines is 2. The predicted octanol–water partition coefficient (Wildman–Crippen LogP) is 7.72. The Bertz CT molecular complexity index is 3300. The van der Waals surface area contributed by atoms with E-state index in [0.717, 1.165) is 58.7 Å². The Morgan fingerprint density at radius 2 is 0.677 bits per heavy atom. The van der Waals surface area contributed by atoms with Gasteiger partial charge >= 0.3 is 0 Å². The summed E-state index contributed by atoms with van der Waals surface area (Å²) in [7, 11) is -19.6. The van der Waals surface area contributed by atoms with E-state index in [2.05, 4.69) is 20.5 Å². The maximum atomic E-state index is 12.2. The van der Waals surface area contributed by atoms with E-state index in [1.54, 1.807) is 48.5 Å². The summed E-state index contributed by atoms with van der Waals surface area (Å²) in [6.07, 6.45) is 0. The summed E-state index contributed by atoms with van der Waals surface area (Å²) < 4.78 is 134. The van der Waals surface area contributed by atoms with E-state index in [0.29, 0.717) is 0 Å². The first-order chi connectivity index (χ1) is 28.9. The highest BCUT2D eigenvalue weighted by molar-refractivity contribution is 7.86. The lowest BCUT2D eigenvalue weighted by Gasteiger charge is -2.12. The quantitative estimate of drug-likeness (QED) is 0.0369. The summed E-state index contributed by atoms with van der Waals surface area (Å²) in [6.45, 7) is 0. The molecular formula is C38H28N6O14S4. The highest BCUT2D eigenvalue weighted by atomic mass is 32.2. The van der Waals surface area contributed by atoms with Gasteiger partial charge in [0.05, 0.1) is 21.2 Å². The van der Waals surface area contributed by atoms with Crippen molar-refractivity contribution in [2.75, 3.05) is 11.5 Å². The van der Waals surface area contributed by atoms with Gasteiger partial charge in [-0.2, -0.15) is 43.9 Å². The molecule has 7 aromatic rings. The van der Waals surface area contributed by atoms with Gasteiger partial charge in [0, 0.05) is 22.1 Å². The minimum atomic E-state index is -5.05. The smallest absolute Gasteiger partial charge is 0.296 e. The van der Waals surface area contributed by atoms with Crippen LogP contribution in [-0.2, 0) is 40.5 Å². The molecule has 7 rings (SSSR count). The zero-order chi connectivity index (χ0) is 45.1. The number of phenolic OH excluding ortho intramolecular Hbond substituents is 2. The first-order valence-electron chi connectivity index (χ1n) is 17.1. The standard InChI is InChI=1S/C38H28N6O14S4/c39-29-17-27(59(47,48)49)13-23-15-31(61(53,54)55)35(37(45)33(23)29)43-41-25-9-5-21(6-10-25)19-1-2-20(4-3-19)22-7-11-26(12-8-22)42-44-36-32(62(56,57)58)16-24-14-28(60(50,51)52)18-30(40)34(24)38(36)46/h1-18,45-46H,39-40H2,(H,47,48,49)(H,50,51,52)(H,53,54,55)(H,56,57,58). The average Bonchev–Trinajstić information content (AvgIpc) is 3.18. The van der Waals surface area contributed by atoms with Crippen molar-refractivity contribution in [1.29, 1.82) is 0 Å². The lowest BCUT2D eigenvalue weighted by molar-refractivity contribution is 0.471. The number of nitrogens with two attached hydrogens (primary N) is 2. The Balaban J connectivity index is 1.10. The summed E-state index contributed by atoms with van der Waals surface area (Å²) in [4.78, 5) is -3.16. The fourth-order valence-electron chi connectivity index (χ4n) is 6.38. The molecule has 62 heavy (non-hydrogen) atoms. The summed E-state index contributed by atoms with van der Waals surface area (Å²) in [5.74, 6) is -1.64. The number of aromatic hydroxyl groups is 2. The van der Waals surface area contributed by atoms with Crippen LogP contribution in [0.1, 0.15) is 0 Å². The van der Waals surface area contributed by atoms with Gasteiger partial charge in [0.1, 0.15) is 21.2 Å². The van der Waals surface area contributed by atoms with Crippen molar-refractivity contribution in [1.82, 2.24) is 0 Å². The zero-order valence-electron chi connectivity index (χ0n) is 30.9. The van der Waals surface area contributed by atoms with Crippen LogP contribution in [0.4, 0.5) is 34.1 Å². The van der Waals surface area contributed by atoms with Gasteiger partial charge < -0.3 is 21.7 Å². The Labute approximate surface area is 351 Å². The van der Waals surface area contributed by atoms with Crippen LogP contribution in [0.5, 0.6) is 11.5 Å². The van der Waals surface area contributed by atoms with Crippen LogP contribution in [-0.4, -0.2) is 62.1 Å². The predicted molar refractivity (Wildman–Crippen MR) is 225 cm³/mol. The molecule has 0 heterocycles. The summed E-state index contributed by atoms with van der Waals surface area (Å²) in [6, 6.07) is 25.3. The van der Waals surface area contributed by atoms with Gasteiger partial charge in [-0.05, 0) is 93.7 Å². The average molecular weight is 921 g/mol. The molecule has 0 aromatic heterocycles. The van der Waals surface area contributed by atoms with Gasteiger partial charge in [0.15, 0.2) is 11.5 Å². The molecule has 0 saturated heterocycles. The molecule has 0 unspecified atom stereocenters. The highest BCUT2D eigenvalue weighted by Crippen LogP contribution is 2.46. The van der Waals surface area contributed by atoms with Crippen LogP contribution in [0.25, 0.3) is 43.8 Å². The van der Waals surface area contributed by atoms with Gasteiger partial charge in [0.2, 0.25) is 0 Å². The number of fused-ring (bicyclic) bond motifs is 2. The summed E-state index contributed by atoms with van der Waals surface area (Å²) in [5, 5.41) is 36.7. The largest absolute Gasteiger partial charge is 0.505 e. The van der Waals surface area contributed by atoms with Crippen LogP contribution in [0.2, 0.25) is 0 Å². The third-order valence-electron chi connectivity index (χ3n) is 9.28. The van der Waals surface area contributed by atoms with Crippen LogP contribution in [0.15, 0.2) is 149 Å². The summed E-state index contributed by atoms with van der Waals surface area (Å²) >= 11 is 0. The molecule has 0 saturated carbocycles. The van der Waals surface area contributed by atoms with Gasteiger partial charge in [-0.1, -0.05) is 48.5 Å². The summed E-state index contributed by atoms with van der Waals surface area (Å²) in [5.41, 5.74) is 13.3. The monoisotopic (exact) mass is 920 g/mol. The van der Waals surface area contributed by atoms with Gasteiger partial charge in [-0.25, -0.2) is 0 Å². The SMILES string of the molecule is Nc1cc(S(=O)(=O)O)cc2cc(S(=O)(=O)O)c(N=Nc3ccc(-c4ccc(-c5ccc(N=Nc6c(S(=O)(=O)O)cc7cc(S(=O)(=O)O)cc(N)c7c6O)cc5)cc4)cc3)c(O)c12. The zero-order valence-corrected chi connectivity index (χ0v) is 34.2. The Kier molecular flexibility index (Phi) is 10.8. The molecule has 0 amide bonds. The molecular weight excluding hydrogens is 893 g/mol. The number of benzene rings is 7. The first-order valence-corrected chi connectivity index (χ1v) is 22.9. The Morgan fingerprint density at radius 1 is 0.387 bits per heavy atom. The molecule has 0 aliphatic carbocycles. The van der Waals surface area contributed by atoms with Crippen LogP contribution < -0.4 is 11.5 Å². The lowest BCUT2D eigenvalue weighted by Crippen LogP contribution is -2.02. The number of azo groups is 2. The van der Waals surface area contributed by atoms with E-state index in [1.165, 1.54) is 0 Å². The van der Waals surface area contributed by atoms with E-state index in [-0.39, 0.29) is 44.3 Å². The van der Waals surface area contributed by atoms with Crippen molar-refractivity contribution in [3.05, 3.63) is 109 Å². The fourth-order valence-corrected chi connectivity index (χ4v) is 8.80. The van der Waals surface area contributed by atoms with Crippen molar-refractivity contribution in [2.45, 2.75) is 19.6 Å². The van der Waals surface area contributed by atoms with Crippen LogP contribution >= 0.6 is 0 Å². The topological polar surface area (TPSA) is 359 Å². The number of hydrogen-bond donors (Lipinski definition) is 8. The molecule has 0 aliphatic rings. The molecule has 0 aliphatic heterocycles. The van der Waals surface area contributed by atoms with Crippen molar-refractivity contribution >= 4 is 96.1 Å². The van der Waals surface area contributed by atoms with Gasteiger partial charge in [0.25, 0.3) is 40.5 Å². The molecule has 0 bridgehead atoms. The second-order valence-corrected chi connectivity index (χ2v) is 19.0. The van der Waals surface area contributed by atoms with Crippen molar-refractivity contribution in [3.63, 3.8) is 0 Å². The number of nitrogen functional groups attached to an aromatic ring is 2. The van der Waals surface area contributed by atoms with Crippen molar-refractivity contribution in [2.24, 2.45) is 20.5 Å². The van der Waals surface area contributed by atoms with E-state index in [9.17, 15) is 62.1 Å². The van der Waals surface area contributed by atoms with Crippen LogP contribution in [0, 0.1) is 0 Å².